The van der Waals surface area contributed by atoms with Gasteiger partial charge in [0.1, 0.15) is 18.9 Å². The smallest absolute Gasteiger partial charge is 0.244 e. The Morgan fingerprint density at radius 3 is 2.55 bits per heavy atom. The zero-order valence-corrected chi connectivity index (χ0v) is 19.6. The Kier molecular flexibility index (Phi) is 9.13. The highest BCUT2D eigenvalue weighted by Gasteiger charge is 2.24. The van der Waals surface area contributed by atoms with Gasteiger partial charge in [-0.15, -0.1) is 0 Å². The van der Waals surface area contributed by atoms with Crippen LogP contribution in [0.3, 0.4) is 0 Å². The maximum atomic E-state index is 12.8. The predicted octanol–water partition coefficient (Wildman–Crippen LogP) is 4.39. The minimum Gasteiger partial charge on any atom is -0.378 e. The number of aryl methyl sites for hydroxylation is 1. The summed E-state index contributed by atoms with van der Waals surface area (Å²) in [5.41, 5.74) is 2.69. The van der Waals surface area contributed by atoms with Gasteiger partial charge in [-0.1, -0.05) is 51.5 Å². The molecule has 31 heavy (non-hydrogen) atoms. The molecule has 1 fully saturated rings. The second-order valence-electron chi connectivity index (χ2n) is 8.94. The van der Waals surface area contributed by atoms with Crippen molar-refractivity contribution in [3.05, 3.63) is 54.1 Å². The average molecular weight is 427 g/mol. The van der Waals surface area contributed by atoms with Gasteiger partial charge in [0, 0.05) is 19.0 Å². The quantitative estimate of drug-likeness (QED) is 0.500. The molecule has 5 heteroatoms. The van der Waals surface area contributed by atoms with Gasteiger partial charge in [0.05, 0.1) is 19.8 Å². The van der Waals surface area contributed by atoms with Crippen molar-refractivity contribution in [1.29, 1.82) is 0 Å². The van der Waals surface area contributed by atoms with Crippen molar-refractivity contribution in [2.24, 2.45) is 5.92 Å². The molecule has 2 atom stereocenters. The van der Waals surface area contributed by atoms with Gasteiger partial charge in [-0.2, -0.15) is 0 Å². The van der Waals surface area contributed by atoms with E-state index in [4.69, 9.17) is 4.74 Å². The summed E-state index contributed by atoms with van der Waals surface area (Å²) in [5.74, 6) is 0.910. The fourth-order valence-electron chi connectivity index (χ4n) is 4.33. The van der Waals surface area contributed by atoms with Crippen LogP contribution in [0, 0.1) is 5.92 Å². The summed E-state index contributed by atoms with van der Waals surface area (Å²) in [6, 6.07) is 9.02. The van der Waals surface area contributed by atoms with Gasteiger partial charge in [-0.25, -0.2) is 9.13 Å². The molecule has 0 saturated carbocycles. The number of carbonyl (C=O) groups excluding carboxylic acids is 1. The van der Waals surface area contributed by atoms with E-state index in [0.29, 0.717) is 25.0 Å². The van der Waals surface area contributed by atoms with E-state index in [1.54, 1.807) is 0 Å². The van der Waals surface area contributed by atoms with Gasteiger partial charge in [-0.05, 0) is 42.7 Å². The Morgan fingerprint density at radius 1 is 1.13 bits per heavy atom. The lowest BCUT2D eigenvalue weighted by molar-refractivity contribution is -0.687. The SMILES string of the molecule is CCCCn1cc[n+](Cc2ccc(C(C)CCC(CC)C(=O)N3CCOCC3)cc2)c1. The third kappa shape index (κ3) is 6.93. The summed E-state index contributed by atoms with van der Waals surface area (Å²) in [6.07, 6.45) is 11.9. The van der Waals surface area contributed by atoms with E-state index in [2.05, 4.69) is 72.9 Å². The first-order valence-electron chi connectivity index (χ1n) is 12.1. The molecule has 2 unspecified atom stereocenters. The van der Waals surface area contributed by atoms with Gasteiger partial charge in [-0.3, -0.25) is 4.79 Å². The van der Waals surface area contributed by atoms with Gasteiger partial charge in [0.2, 0.25) is 12.2 Å². The van der Waals surface area contributed by atoms with E-state index in [0.717, 1.165) is 45.4 Å². The number of hydrogen-bond acceptors (Lipinski definition) is 2. The van der Waals surface area contributed by atoms with Crippen molar-refractivity contribution >= 4 is 5.91 Å². The van der Waals surface area contributed by atoms with Gasteiger partial charge in [0.15, 0.2) is 0 Å². The first kappa shape index (κ1) is 23.5. The highest BCUT2D eigenvalue weighted by molar-refractivity contribution is 5.78. The first-order valence-corrected chi connectivity index (χ1v) is 12.1. The number of carbonyl (C=O) groups is 1. The third-order valence-corrected chi connectivity index (χ3v) is 6.54. The molecule has 170 valence electrons. The summed E-state index contributed by atoms with van der Waals surface area (Å²) >= 11 is 0. The molecule has 1 aliphatic rings. The standard InChI is InChI=1S/C26H40N3O2/c1-4-6-13-27-14-15-28(21-27)20-23-8-11-25(12-9-23)22(3)7-10-24(5-2)26(30)29-16-18-31-19-17-29/h8-9,11-12,14-15,21-22,24H,4-7,10,13,16-20H2,1-3H3/q+1. The normalized spacial score (nSPS) is 16.3. The van der Waals surface area contributed by atoms with E-state index in [1.807, 2.05) is 4.90 Å². The maximum absolute atomic E-state index is 12.8. The average Bonchev–Trinajstić information content (AvgIpc) is 3.26. The number of amides is 1. The second-order valence-corrected chi connectivity index (χ2v) is 8.94. The van der Waals surface area contributed by atoms with Crippen LogP contribution in [-0.4, -0.2) is 41.7 Å². The minimum absolute atomic E-state index is 0.132. The molecule has 1 amide bonds. The van der Waals surface area contributed by atoms with Crippen LogP contribution in [0.1, 0.15) is 69.9 Å². The number of nitrogens with zero attached hydrogens (tertiary/aromatic N) is 3. The molecule has 2 heterocycles. The Hall–Kier alpha value is -2.14. The molecule has 3 rings (SSSR count). The number of hydrogen-bond donors (Lipinski definition) is 0. The van der Waals surface area contributed by atoms with Crippen LogP contribution in [-0.2, 0) is 22.6 Å². The van der Waals surface area contributed by atoms with Crippen molar-refractivity contribution in [3.63, 3.8) is 0 Å². The lowest BCUT2D eigenvalue weighted by Crippen LogP contribution is -2.43. The van der Waals surface area contributed by atoms with Crippen LogP contribution in [0.25, 0.3) is 0 Å². The van der Waals surface area contributed by atoms with E-state index in [-0.39, 0.29) is 5.92 Å². The zero-order chi connectivity index (χ0) is 22.1. The summed E-state index contributed by atoms with van der Waals surface area (Å²) in [4.78, 5) is 14.8. The molecule has 0 radical (unpaired) electrons. The molecule has 1 aromatic carbocycles. The summed E-state index contributed by atoms with van der Waals surface area (Å²) < 4.78 is 9.90. The fraction of sp³-hybridized carbons (Fsp3) is 0.615. The molecule has 0 spiro atoms. The highest BCUT2D eigenvalue weighted by atomic mass is 16.5. The fourth-order valence-corrected chi connectivity index (χ4v) is 4.33. The Balaban J connectivity index is 1.49. The van der Waals surface area contributed by atoms with Crippen molar-refractivity contribution in [2.45, 2.75) is 71.9 Å². The molecule has 5 nitrogen and oxygen atoms in total. The molecule has 1 aromatic heterocycles. The molecular weight excluding hydrogens is 386 g/mol. The van der Waals surface area contributed by atoms with Crippen LogP contribution in [0.2, 0.25) is 0 Å². The zero-order valence-electron chi connectivity index (χ0n) is 19.6. The number of ether oxygens (including phenoxy) is 1. The molecular formula is C26H40N3O2+. The van der Waals surface area contributed by atoms with E-state index in [1.165, 1.54) is 24.0 Å². The lowest BCUT2D eigenvalue weighted by atomic mass is 9.89. The number of rotatable bonds is 11. The Morgan fingerprint density at radius 2 is 1.87 bits per heavy atom. The van der Waals surface area contributed by atoms with Crippen LogP contribution in [0.4, 0.5) is 0 Å². The Labute approximate surface area is 188 Å². The topological polar surface area (TPSA) is 38.3 Å². The number of imidazole rings is 1. The van der Waals surface area contributed by atoms with Crippen molar-refractivity contribution in [1.82, 2.24) is 9.47 Å². The van der Waals surface area contributed by atoms with Crippen molar-refractivity contribution in [2.75, 3.05) is 26.3 Å². The van der Waals surface area contributed by atoms with Gasteiger partial charge >= 0.3 is 0 Å². The molecule has 1 aliphatic heterocycles. The lowest BCUT2D eigenvalue weighted by Gasteiger charge is -2.30. The molecule has 1 saturated heterocycles. The van der Waals surface area contributed by atoms with Crippen molar-refractivity contribution < 1.29 is 14.1 Å². The number of benzene rings is 1. The Bertz CT molecular complexity index is 793. The van der Waals surface area contributed by atoms with Crippen molar-refractivity contribution in [3.8, 4) is 0 Å². The van der Waals surface area contributed by atoms with Gasteiger partial charge in [0.25, 0.3) is 0 Å². The maximum Gasteiger partial charge on any atom is 0.244 e. The monoisotopic (exact) mass is 426 g/mol. The summed E-state index contributed by atoms with van der Waals surface area (Å²) in [5, 5.41) is 0. The molecule has 0 N–H and O–H groups in total. The molecule has 0 bridgehead atoms. The van der Waals surface area contributed by atoms with Gasteiger partial charge < -0.3 is 9.64 Å². The predicted molar refractivity (Wildman–Crippen MR) is 124 cm³/mol. The minimum atomic E-state index is 0.132. The summed E-state index contributed by atoms with van der Waals surface area (Å²) in [7, 11) is 0. The van der Waals surface area contributed by atoms with E-state index in [9.17, 15) is 4.79 Å². The second kappa shape index (κ2) is 12.0. The molecule has 0 aliphatic carbocycles. The van der Waals surface area contributed by atoms with Crippen LogP contribution < -0.4 is 4.57 Å². The van der Waals surface area contributed by atoms with E-state index >= 15 is 0 Å². The third-order valence-electron chi connectivity index (χ3n) is 6.54. The van der Waals surface area contributed by atoms with Crippen LogP contribution in [0.15, 0.2) is 43.0 Å². The highest BCUT2D eigenvalue weighted by Crippen LogP contribution is 2.25. The largest absolute Gasteiger partial charge is 0.378 e. The summed E-state index contributed by atoms with van der Waals surface area (Å²) in [6.45, 7) is 11.5. The molecule has 2 aromatic rings. The van der Waals surface area contributed by atoms with Crippen LogP contribution >= 0.6 is 0 Å². The van der Waals surface area contributed by atoms with E-state index < -0.39 is 0 Å². The number of aromatic nitrogens is 2. The number of morpholine rings is 1. The van der Waals surface area contributed by atoms with Crippen LogP contribution in [0.5, 0.6) is 0 Å². The number of unbranched alkanes of at least 4 members (excludes halogenated alkanes) is 1. The first-order chi connectivity index (χ1) is 15.1.